The van der Waals surface area contributed by atoms with Crippen LogP contribution in [0.1, 0.15) is 50.5 Å². The van der Waals surface area contributed by atoms with Gasteiger partial charge in [-0.05, 0) is 61.4 Å². The molecule has 4 heteroatoms. The maximum absolute atomic E-state index is 6.34. The zero-order chi connectivity index (χ0) is 16.9. The highest BCUT2D eigenvalue weighted by Crippen LogP contribution is 2.38. The van der Waals surface area contributed by atoms with Crippen LogP contribution in [0.2, 0.25) is 5.02 Å². The summed E-state index contributed by atoms with van der Waals surface area (Å²) in [6, 6.07) is 10.5. The summed E-state index contributed by atoms with van der Waals surface area (Å²) < 4.78 is 0. The minimum Gasteiger partial charge on any atom is -0.252 e. The molecule has 2 aromatic rings. The van der Waals surface area contributed by atoms with Gasteiger partial charge < -0.3 is 0 Å². The van der Waals surface area contributed by atoms with E-state index in [2.05, 4.69) is 58.5 Å². The topological polar surface area (TPSA) is 25.2 Å². The van der Waals surface area contributed by atoms with E-state index in [0.29, 0.717) is 16.6 Å². The second-order valence-electron chi connectivity index (χ2n) is 6.47. The average molecular weight is 357 g/mol. The zero-order valence-corrected chi connectivity index (χ0v) is 15.4. The number of isothiocyanates is 1. The van der Waals surface area contributed by atoms with Crippen molar-refractivity contribution < 1.29 is 0 Å². The molecule has 0 atom stereocenters. The Bertz CT molecular complexity index is 743. The quantitative estimate of drug-likeness (QED) is 0.443. The summed E-state index contributed by atoms with van der Waals surface area (Å²) in [7, 11) is 0. The van der Waals surface area contributed by atoms with E-state index < -0.39 is 0 Å². The number of rotatable bonds is 4. The fourth-order valence-corrected chi connectivity index (χ4v) is 3.95. The standard InChI is InChI=1S/C20H21ClN2S/c1-2-14-3-5-15(6-4-14)16-7-9-17(10-8-16)20-19(21)11-18(12-22-20)23-13-24/h7-12,14-15H,2-6H2,1H3. The number of nitrogens with zero attached hydrogens (tertiary/aromatic N) is 2. The number of benzene rings is 1. The molecule has 24 heavy (non-hydrogen) atoms. The summed E-state index contributed by atoms with van der Waals surface area (Å²) in [6.45, 7) is 2.31. The van der Waals surface area contributed by atoms with Gasteiger partial charge >= 0.3 is 0 Å². The van der Waals surface area contributed by atoms with Gasteiger partial charge in [-0.2, -0.15) is 4.99 Å². The van der Waals surface area contributed by atoms with E-state index in [0.717, 1.165) is 17.2 Å². The van der Waals surface area contributed by atoms with Gasteiger partial charge in [-0.15, -0.1) is 0 Å². The van der Waals surface area contributed by atoms with E-state index in [1.54, 1.807) is 12.3 Å². The molecule has 124 valence electrons. The first-order valence-electron chi connectivity index (χ1n) is 8.55. The second-order valence-corrected chi connectivity index (χ2v) is 7.06. The third-order valence-electron chi connectivity index (χ3n) is 5.08. The van der Waals surface area contributed by atoms with E-state index >= 15 is 0 Å². The monoisotopic (exact) mass is 356 g/mol. The molecule has 0 spiro atoms. The van der Waals surface area contributed by atoms with Gasteiger partial charge in [-0.1, -0.05) is 49.2 Å². The van der Waals surface area contributed by atoms with Crippen molar-refractivity contribution in [3.05, 3.63) is 47.1 Å². The molecule has 0 N–H and O–H groups in total. The van der Waals surface area contributed by atoms with E-state index in [1.807, 2.05) is 0 Å². The molecule has 2 nitrogen and oxygen atoms in total. The van der Waals surface area contributed by atoms with Crippen LogP contribution in [-0.2, 0) is 0 Å². The third-order valence-corrected chi connectivity index (χ3v) is 5.46. The van der Waals surface area contributed by atoms with E-state index in [1.165, 1.54) is 37.7 Å². The fourth-order valence-electron chi connectivity index (χ4n) is 3.57. The Morgan fingerprint density at radius 1 is 1.21 bits per heavy atom. The third kappa shape index (κ3) is 3.92. The predicted octanol–water partition coefficient (Wildman–Crippen LogP) is 6.82. The molecular weight excluding hydrogens is 336 g/mol. The van der Waals surface area contributed by atoms with E-state index in [9.17, 15) is 0 Å². The maximum atomic E-state index is 6.34. The number of hydrogen-bond acceptors (Lipinski definition) is 3. The molecule has 0 amide bonds. The maximum Gasteiger partial charge on any atom is 0.0937 e. The van der Waals surface area contributed by atoms with Gasteiger partial charge in [0, 0.05) is 5.56 Å². The molecule has 0 bridgehead atoms. The molecule has 1 aromatic carbocycles. The lowest BCUT2D eigenvalue weighted by molar-refractivity contribution is 0.319. The van der Waals surface area contributed by atoms with Gasteiger partial charge in [0.25, 0.3) is 0 Å². The van der Waals surface area contributed by atoms with Crippen molar-refractivity contribution in [2.75, 3.05) is 0 Å². The SMILES string of the molecule is CCC1CCC(c2ccc(-c3ncc(N=C=S)cc3Cl)cc2)CC1. The molecule has 1 heterocycles. The van der Waals surface area contributed by atoms with Crippen molar-refractivity contribution in [3.63, 3.8) is 0 Å². The molecule has 0 aliphatic heterocycles. The Hall–Kier alpha value is -1.54. The molecular formula is C20H21ClN2S. The largest absolute Gasteiger partial charge is 0.252 e. The smallest absolute Gasteiger partial charge is 0.0937 e. The molecule has 1 saturated carbocycles. The first-order valence-corrected chi connectivity index (χ1v) is 9.33. The van der Waals surface area contributed by atoms with Crippen LogP contribution in [0.4, 0.5) is 5.69 Å². The van der Waals surface area contributed by atoms with Crippen molar-refractivity contribution in [1.82, 2.24) is 4.98 Å². The molecule has 1 aliphatic rings. The van der Waals surface area contributed by atoms with Crippen LogP contribution in [-0.4, -0.2) is 10.1 Å². The summed E-state index contributed by atoms with van der Waals surface area (Å²) in [5.41, 5.74) is 3.87. The highest BCUT2D eigenvalue weighted by molar-refractivity contribution is 7.78. The van der Waals surface area contributed by atoms with Crippen LogP contribution < -0.4 is 0 Å². The van der Waals surface area contributed by atoms with Crippen molar-refractivity contribution in [2.45, 2.75) is 44.9 Å². The predicted molar refractivity (Wildman–Crippen MR) is 104 cm³/mol. The molecule has 1 fully saturated rings. The molecule has 1 aliphatic carbocycles. The summed E-state index contributed by atoms with van der Waals surface area (Å²) >= 11 is 10.9. The van der Waals surface area contributed by atoms with Gasteiger partial charge in [0.1, 0.15) is 0 Å². The van der Waals surface area contributed by atoms with Crippen LogP contribution in [0.3, 0.4) is 0 Å². The van der Waals surface area contributed by atoms with Crippen LogP contribution in [0.15, 0.2) is 41.5 Å². The van der Waals surface area contributed by atoms with Crippen LogP contribution in [0, 0.1) is 5.92 Å². The van der Waals surface area contributed by atoms with Crippen LogP contribution in [0.5, 0.6) is 0 Å². The van der Waals surface area contributed by atoms with Crippen LogP contribution >= 0.6 is 23.8 Å². The van der Waals surface area contributed by atoms with Gasteiger partial charge in [0.15, 0.2) is 0 Å². The van der Waals surface area contributed by atoms with Gasteiger partial charge in [0.2, 0.25) is 0 Å². The van der Waals surface area contributed by atoms with Crippen molar-refractivity contribution >= 4 is 34.7 Å². The van der Waals surface area contributed by atoms with Gasteiger partial charge in [-0.25, -0.2) is 0 Å². The Labute approximate surface area is 154 Å². The van der Waals surface area contributed by atoms with E-state index in [4.69, 9.17) is 11.6 Å². The highest BCUT2D eigenvalue weighted by atomic mass is 35.5. The number of thiocarbonyl (C=S) groups is 1. The number of aliphatic imine (C=N–C) groups is 1. The Kier molecular flexibility index (Phi) is 5.78. The minimum absolute atomic E-state index is 0.581. The van der Waals surface area contributed by atoms with Crippen LogP contribution in [0.25, 0.3) is 11.3 Å². The zero-order valence-electron chi connectivity index (χ0n) is 13.8. The van der Waals surface area contributed by atoms with Crippen molar-refractivity contribution in [2.24, 2.45) is 10.9 Å². The lowest BCUT2D eigenvalue weighted by Gasteiger charge is -2.28. The number of halogens is 1. The number of pyridine rings is 1. The lowest BCUT2D eigenvalue weighted by Crippen LogP contribution is -2.12. The molecule has 1 aromatic heterocycles. The Morgan fingerprint density at radius 2 is 1.92 bits per heavy atom. The van der Waals surface area contributed by atoms with Crippen molar-refractivity contribution in [1.29, 1.82) is 0 Å². The normalized spacial score (nSPS) is 20.4. The molecule has 0 radical (unpaired) electrons. The summed E-state index contributed by atoms with van der Waals surface area (Å²) in [6.07, 6.45) is 8.32. The van der Waals surface area contributed by atoms with Gasteiger partial charge in [0.05, 0.1) is 27.8 Å². The summed E-state index contributed by atoms with van der Waals surface area (Å²) in [5, 5.41) is 2.91. The van der Waals surface area contributed by atoms with E-state index in [-0.39, 0.29) is 0 Å². The summed E-state index contributed by atoms with van der Waals surface area (Å²) in [5.74, 6) is 1.63. The molecule has 0 saturated heterocycles. The second kappa shape index (κ2) is 8.02. The average Bonchev–Trinajstić information content (AvgIpc) is 2.62. The first kappa shape index (κ1) is 17.3. The molecule has 0 unspecified atom stereocenters. The Morgan fingerprint density at radius 3 is 2.50 bits per heavy atom. The van der Waals surface area contributed by atoms with Gasteiger partial charge in [-0.3, -0.25) is 4.98 Å². The number of hydrogen-bond donors (Lipinski definition) is 0. The lowest BCUT2D eigenvalue weighted by atomic mass is 9.78. The molecule has 3 rings (SSSR count). The minimum atomic E-state index is 0.581. The number of aromatic nitrogens is 1. The van der Waals surface area contributed by atoms with Crippen molar-refractivity contribution in [3.8, 4) is 11.3 Å². The fraction of sp³-hybridized carbons (Fsp3) is 0.400. The highest BCUT2D eigenvalue weighted by Gasteiger charge is 2.21. The summed E-state index contributed by atoms with van der Waals surface area (Å²) in [4.78, 5) is 8.33. The first-order chi connectivity index (χ1) is 11.7. The Balaban J connectivity index is 1.76.